The number of methoxy groups -OCH3 is 1. The third kappa shape index (κ3) is 2.33. The third-order valence-corrected chi connectivity index (χ3v) is 3.98. The fourth-order valence-electron chi connectivity index (χ4n) is 2.77. The van der Waals surface area contributed by atoms with Gasteiger partial charge in [0.05, 0.1) is 18.9 Å². The van der Waals surface area contributed by atoms with E-state index in [2.05, 4.69) is 9.98 Å². The number of hydrogen-bond acceptors (Lipinski definition) is 6. The van der Waals surface area contributed by atoms with Crippen LogP contribution in [-0.4, -0.2) is 17.9 Å². The van der Waals surface area contributed by atoms with Gasteiger partial charge >= 0.3 is 0 Å². The summed E-state index contributed by atoms with van der Waals surface area (Å²) in [7, 11) is 1.64. The zero-order chi connectivity index (χ0) is 16.5. The normalized spacial score (nSPS) is 16.5. The summed E-state index contributed by atoms with van der Waals surface area (Å²) >= 11 is 0. The molecule has 0 saturated heterocycles. The second-order valence-corrected chi connectivity index (χ2v) is 5.37. The van der Waals surface area contributed by atoms with Gasteiger partial charge in [-0.2, -0.15) is 4.99 Å². The first kappa shape index (κ1) is 14.5. The molecule has 0 radical (unpaired) electrons. The molecule has 0 amide bonds. The van der Waals surface area contributed by atoms with Gasteiger partial charge in [-0.05, 0) is 42.5 Å². The molecule has 6 nitrogen and oxygen atoms in total. The molecule has 1 aromatic carbocycles. The van der Waals surface area contributed by atoms with E-state index in [1.54, 1.807) is 25.8 Å². The Morgan fingerprint density at radius 1 is 1.17 bits per heavy atom. The van der Waals surface area contributed by atoms with E-state index in [4.69, 9.17) is 14.9 Å². The maximum absolute atomic E-state index is 6.50. The minimum absolute atomic E-state index is 0.403. The van der Waals surface area contributed by atoms with E-state index in [1.165, 1.54) is 0 Å². The Balaban J connectivity index is 1.85. The molecule has 3 aromatic rings. The number of ether oxygens (including phenoxy) is 1. The number of aliphatic imine (C=N–C) groups is 1. The van der Waals surface area contributed by atoms with E-state index in [0.717, 1.165) is 22.6 Å². The number of rotatable bonds is 3. The number of furan rings is 1. The molecule has 0 fully saturated rings. The lowest BCUT2D eigenvalue weighted by Crippen LogP contribution is -2.42. The van der Waals surface area contributed by atoms with Gasteiger partial charge in [-0.25, -0.2) is 0 Å². The Morgan fingerprint density at radius 2 is 2.00 bits per heavy atom. The SMILES string of the molecule is COc1ccc(N2C(c3cccnc3)=Nc3occc3C2N)cc1. The number of anilines is 1. The van der Waals surface area contributed by atoms with Crippen LogP contribution >= 0.6 is 0 Å². The second-order valence-electron chi connectivity index (χ2n) is 5.37. The first-order valence-corrected chi connectivity index (χ1v) is 7.53. The van der Waals surface area contributed by atoms with Crippen LogP contribution in [-0.2, 0) is 0 Å². The number of nitrogens with zero attached hydrogens (tertiary/aromatic N) is 3. The molecule has 0 aliphatic carbocycles. The van der Waals surface area contributed by atoms with E-state index in [-0.39, 0.29) is 0 Å². The zero-order valence-electron chi connectivity index (χ0n) is 13.1. The molecule has 1 atom stereocenters. The molecule has 0 saturated carbocycles. The summed E-state index contributed by atoms with van der Waals surface area (Å²) in [4.78, 5) is 10.8. The van der Waals surface area contributed by atoms with Crippen LogP contribution in [0.4, 0.5) is 11.6 Å². The summed E-state index contributed by atoms with van der Waals surface area (Å²) in [5.74, 6) is 2.02. The van der Waals surface area contributed by atoms with Crippen LogP contribution in [0.25, 0.3) is 0 Å². The predicted octanol–water partition coefficient (Wildman–Crippen LogP) is 3.24. The van der Waals surface area contributed by atoms with Crippen molar-refractivity contribution in [3.05, 3.63) is 72.2 Å². The Kier molecular flexibility index (Phi) is 3.51. The fraction of sp³-hybridized carbons (Fsp3) is 0.111. The van der Waals surface area contributed by atoms with Crippen LogP contribution in [0.5, 0.6) is 5.75 Å². The van der Waals surface area contributed by atoms with Gasteiger partial charge in [0.15, 0.2) is 0 Å². The lowest BCUT2D eigenvalue weighted by atomic mass is 10.1. The Labute approximate surface area is 139 Å². The second kappa shape index (κ2) is 5.82. The van der Waals surface area contributed by atoms with Crippen LogP contribution in [0.1, 0.15) is 17.3 Å². The van der Waals surface area contributed by atoms with Gasteiger partial charge in [0.25, 0.3) is 0 Å². The highest BCUT2D eigenvalue weighted by molar-refractivity contribution is 6.12. The topological polar surface area (TPSA) is 76.9 Å². The Hall–Kier alpha value is -3.12. The van der Waals surface area contributed by atoms with Crippen molar-refractivity contribution in [2.24, 2.45) is 10.7 Å². The van der Waals surface area contributed by atoms with Gasteiger partial charge in [0.1, 0.15) is 17.8 Å². The molecule has 24 heavy (non-hydrogen) atoms. The molecule has 2 N–H and O–H groups in total. The molecule has 120 valence electrons. The van der Waals surface area contributed by atoms with Crippen molar-refractivity contribution in [2.45, 2.75) is 6.17 Å². The summed E-state index contributed by atoms with van der Waals surface area (Å²) in [6.45, 7) is 0. The summed E-state index contributed by atoms with van der Waals surface area (Å²) in [5.41, 5.74) is 9.13. The van der Waals surface area contributed by atoms with Gasteiger partial charge in [-0.1, -0.05) is 0 Å². The van der Waals surface area contributed by atoms with Gasteiger partial charge in [-0.15, -0.1) is 0 Å². The van der Waals surface area contributed by atoms with Crippen molar-refractivity contribution in [2.75, 3.05) is 12.0 Å². The molecule has 1 aliphatic heterocycles. The summed E-state index contributed by atoms with van der Waals surface area (Å²) in [6, 6.07) is 13.4. The van der Waals surface area contributed by atoms with Crippen molar-refractivity contribution in [3.8, 4) is 5.75 Å². The zero-order valence-corrected chi connectivity index (χ0v) is 13.1. The quantitative estimate of drug-likeness (QED) is 0.801. The first-order chi connectivity index (χ1) is 11.8. The van der Waals surface area contributed by atoms with E-state index in [1.807, 2.05) is 47.4 Å². The van der Waals surface area contributed by atoms with E-state index in [0.29, 0.717) is 11.7 Å². The highest BCUT2D eigenvalue weighted by Crippen LogP contribution is 2.37. The summed E-state index contributed by atoms with van der Waals surface area (Å²) < 4.78 is 10.7. The maximum atomic E-state index is 6.50. The number of aromatic nitrogens is 1. The summed E-state index contributed by atoms with van der Waals surface area (Å²) in [6.07, 6.45) is 4.69. The number of pyridine rings is 1. The largest absolute Gasteiger partial charge is 0.497 e. The van der Waals surface area contributed by atoms with Crippen LogP contribution < -0.4 is 15.4 Å². The molecular weight excluding hydrogens is 304 g/mol. The minimum atomic E-state index is -0.403. The maximum Gasteiger partial charge on any atom is 0.227 e. The van der Waals surface area contributed by atoms with Gasteiger partial charge in [0.2, 0.25) is 5.88 Å². The number of hydrogen-bond donors (Lipinski definition) is 1. The van der Waals surface area contributed by atoms with Crippen molar-refractivity contribution in [3.63, 3.8) is 0 Å². The number of amidine groups is 1. The monoisotopic (exact) mass is 320 g/mol. The smallest absolute Gasteiger partial charge is 0.227 e. The third-order valence-electron chi connectivity index (χ3n) is 3.98. The average Bonchev–Trinajstić information content (AvgIpc) is 3.11. The molecule has 0 bridgehead atoms. The van der Waals surface area contributed by atoms with Gasteiger partial charge in [0, 0.05) is 23.6 Å². The standard InChI is InChI=1S/C18H16N4O2/c1-23-14-6-4-13(5-7-14)22-16(19)15-8-10-24-18(15)21-17(22)12-3-2-9-20-11-12/h2-11,16H,19H2,1H3. The van der Waals surface area contributed by atoms with Crippen LogP contribution in [0.2, 0.25) is 0 Å². The van der Waals surface area contributed by atoms with Crippen molar-refractivity contribution >= 4 is 17.4 Å². The highest BCUT2D eigenvalue weighted by Gasteiger charge is 2.31. The van der Waals surface area contributed by atoms with Crippen molar-refractivity contribution < 1.29 is 9.15 Å². The number of benzene rings is 1. The molecule has 0 spiro atoms. The predicted molar refractivity (Wildman–Crippen MR) is 91.5 cm³/mol. The molecular formula is C18H16N4O2. The first-order valence-electron chi connectivity index (χ1n) is 7.53. The highest BCUT2D eigenvalue weighted by atomic mass is 16.5. The number of nitrogens with two attached hydrogens (primary N) is 1. The molecule has 1 unspecified atom stereocenters. The van der Waals surface area contributed by atoms with E-state index >= 15 is 0 Å². The Morgan fingerprint density at radius 3 is 2.71 bits per heavy atom. The molecule has 1 aliphatic rings. The minimum Gasteiger partial charge on any atom is -0.497 e. The van der Waals surface area contributed by atoms with E-state index < -0.39 is 6.17 Å². The Bertz CT molecular complexity index is 872. The fourth-order valence-corrected chi connectivity index (χ4v) is 2.77. The molecule has 2 aromatic heterocycles. The van der Waals surface area contributed by atoms with Gasteiger partial charge in [-0.3, -0.25) is 4.98 Å². The number of fused-ring (bicyclic) bond motifs is 1. The molecule has 4 rings (SSSR count). The lowest BCUT2D eigenvalue weighted by molar-refractivity contribution is 0.415. The molecule has 3 heterocycles. The van der Waals surface area contributed by atoms with Crippen molar-refractivity contribution in [1.29, 1.82) is 0 Å². The van der Waals surface area contributed by atoms with Gasteiger partial charge < -0.3 is 19.8 Å². The average molecular weight is 320 g/mol. The van der Waals surface area contributed by atoms with E-state index in [9.17, 15) is 0 Å². The van der Waals surface area contributed by atoms with Crippen LogP contribution in [0.15, 0.2) is 70.5 Å². The summed E-state index contributed by atoms with van der Waals surface area (Å²) in [5, 5.41) is 0. The lowest BCUT2D eigenvalue weighted by Gasteiger charge is -2.34. The van der Waals surface area contributed by atoms with Crippen molar-refractivity contribution in [1.82, 2.24) is 4.98 Å². The molecule has 6 heteroatoms. The van der Waals surface area contributed by atoms with Crippen LogP contribution in [0, 0.1) is 0 Å². The van der Waals surface area contributed by atoms with Crippen LogP contribution in [0.3, 0.4) is 0 Å².